The molecule has 13 heteroatoms. The first kappa shape index (κ1) is 33.5. The summed E-state index contributed by atoms with van der Waals surface area (Å²) in [6.07, 6.45) is 3.27. The number of hydrogen-bond acceptors (Lipinski definition) is 11. The highest BCUT2D eigenvalue weighted by Gasteiger charge is 2.46. The molecule has 1 heterocycles. The molecule has 39 heavy (non-hydrogen) atoms. The summed E-state index contributed by atoms with van der Waals surface area (Å²) in [6, 6.07) is -1.74. The molecular weight excluding hydrogens is 500 g/mol. The van der Waals surface area contributed by atoms with Crippen LogP contribution in [0.1, 0.15) is 52.9 Å². The molecule has 0 aromatic carbocycles. The third kappa shape index (κ3) is 10.0. The van der Waals surface area contributed by atoms with Crippen molar-refractivity contribution in [1.82, 2.24) is 5.32 Å². The maximum absolute atomic E-state index is 7.73. The third-order valence-corrected chi connectivity index (χ3v) is 7.59. The minimum absolute atomic E-state index is 0.0262. The lowest BCUT2D eigenvalue weighted by atomic mass is 9.82. The number of amidine groups is 2. The van der Waals surface area contributed by atoms with Gasteiger partial charge in [0.25, 0.3) is 0 Å². The summed E-state index contributed by atoms with van der Waals surface area (Å²) in [6.45, 7) is 7.57. The largest absolute Gasteiger partial charge is 0.387 e. The molecule has 10 unspecified atom stereocenters. The molecular formula is C26H54N10O3. The predicted molar refractivity (Wildman–Crippen MR) is 156 cm³/mol. The zero-order valence-electron chi connectivity index (χ0n) is 23.9. The summed E-state index contributed by atoms with van der Waals surface area (Å²) in [7, 11) is 0. The average Bonchev–Trinajstić information content (AvgIpc) is 2.91. The van der Waals surface area contributed by atoms with Crippen molar-refractivity contribution in [2.75, 3.05) is 26.2 Å². The molecule has 2 fully saturated rings. The van der Waals surface area contributed by atoms with Crippen LogP contribution in [0.15, 0.2) is 16.6 Å². The van der Waals surface area contributed by atoms with Gasteiger partial charge in [-0.15, -0.1) is 0 Å². The highest BCUT2D eigenvalue weighted by Crippen LogP contribution is 2.30. The molecule has 1 aliphatic carbocycles. The summed E-state index contributed by atoms with van der Waals surface area (Å²) >= 11 is 0. The number of rotatable bonds is 14. The van der Waals surface area contributed by atoms with Crippen LogP contribution >= 0.6 is 0 Å². The van der Waals surface area contributed by atoms with E-state index in [1.165, 1.54) is 0 Å². The Morgan fingerprint density at radius 2 is 1.82 bits per heavy atom. The van der Waals surface area contributed by atoms with Crippen LogP contribution < -0.4 is 45.5 Å². The van der Waals surface area contributed by atoms with Gasteiger partial charge in [-0.05, 0) is 45.6 Å². The number of nitrogens with two attached hydrogens (primary N) is 7. The minimum atomic E-state index is -0.698. The molecule has 0 aromatic rings. The van der Waals surface area contributed by atoms with E-state index in [4.69, 9.17) is 64.7 Å². The molecule has 1 saturated carbocycles. The predicted octanol–water partition coefficient (Wildman–Crippen LogP) is -1.43. The Hall–Kier alpha value is -1.68. The highest BCUT2D eigenvalue weighted by molar-refractivity contribution is 5.82. The van der Waals surface area contributed by atoms with Crippen LogP contribution in [0.4, 0.5) is 0 Å². The number of aliphatic imine (C=N–C) groups is 1. The summed E-state index contributed by atoms with van der Waals surface area (Å²) in [5.41, 5.74) is 44.4. The van der Waals surface area contributed by atoms with Crippen molar-refractivity contribution in [2.45, 2.75) is 108 Å². The fourth-order valence-electron chi connectivity index (χ4n) is 5.06. The Kier molecular flexibility index (Phi) is 14.2. The highest BCUT2D eigenvalue weighted by atomic mass is 16.7. The van der Waals surface area contributed by atoms with E-state index in [0.717, 1.165) is 24.8 Å². The molecule has 2 rings (SSSR count). The Morgan fingerprint density at radius 3 is 2.44 bits per heavy atom. The van der Waals surface area contributed by atoms with Crippen molar-refractivity contribution in [2.24, 2.45) is 51.0 Å². The first-order valence-electron chi connectivity index (χ1n) is 14.2. The molecule has 0 radical (unpaired) electrons. The van der Waals surface area contributed by atoms with E-state index in [9.17, 15) is 0 Å². The second-order valence-electron chi connectivity index (χ2n) is 10.8. The molecule has 13 nitrogen and oxygen atoms in total. The molecule has 226 valence electrons. The van der Waals surface area contributed by atoms with Gasteiger partial charge in [0.1, 0.15) is 5.84 Å². The first-order chi connectivity index (χ1) is 18.5. The van der Waals surface area contributed by atoms with Gasteiger partial charge >= 0.3 is 0 Å². The zero-order chi connectivity index (χ0) is 29.1. The molecule has 0 amide bonds. The molecule has 2 aliphatic rings. The van der Waals surface area contributed by atoms with E-state index in [0.29, 0.717) is 38.3 Å². The van der Waals surface area contributed by atoms with E-state index >= 15 is 0 Å². The molecule has 0 bridgehead atoms. The molecule has 0 spiro atoms. The smallest absolute Gasteiger partial charge is 0.173 e. The van der Waals surface area contributed by atoms with Crippen molar-refractivity contribution < 1.29 is 14.2 Å². The fourth-order valence-corrected chi connectivity index (χ4v) is 5.06. The normalized spacial score (nSPS) is 34.0. The van der Waals surface area contributed by atoms with Gasteiger partial charge in [-0.1, -0.05) is 25.5 Å². The van der Waals surface area contributed by atoms with Gasteiger partial charge in [0, 0.05) is 25.0 Å². The second kappa shape index (κ2) is 16.6. The van der Waals surface area contributed by atoms with E-state index in [2.05, 4.69) is 12.2 Å². The van der Waals surface area contributed by atoms with Crippen LogP contribution in [-0.2, 0) is 14.2 Å². The van der Waals surface area contributed by atoms with Crippen molar-refractivity contribution in [1.29, 1.82) is 5.41 Å². The monoisotopic (exact) mass is 554 g/mol. The lowest BCUT2D eigenvalue weighted by molar-refractivity contribution is -0.237. The van der Waals surface area contributed by atoms with Crippen LogP contribution in [0.3, 0.4) is 0 Å². The van der Waals surface area contributed by atoms with Crippen LogP contribution in [0.5, 0.6) is 0 Å². The maximum atomic E-state index is 7.73. The molecule has 10 atom stereocenters. The van der Waals surface area contributed by atoms with Crippen molar-refractivity contribution >= 4 is 11.7 Å². The van der Waals surface area contributed by atoms with Gasteiger partial charge < -0.3 is 59.7 Å². The van der Waals surface area contributed by atoms with E-state index in [1.807, 2.05) is 19.9 Å². The number of ether oxygens (including phenoxy) is 3. The van der Waals surface area contributed by atoms with Crippen LogP contribution in [0.2, 0.25) is 0 Å². The standard InChI is InChI=1S/C26H54N10O3/c1-4-16(11-28)9-15(3)37-24-20(36-25(34)14(2)7-8-27)10-19(31)23(22(24)33)39-26-18(30)6-5-17(38-26)13-35-21(32)12-29/h9,14-15,17-20,22-24,26H,4-8,10-13,27-31,33H2,1-3H3,(H2,32,35)(H2,34,36)/b16-9+. The minimum Gasteiger partial charge on any atom is -0.387 e. The Morgan fingerprint density at radius 1 is 1.10 bits per heavy atom. The molecule has 1 saturated heterocycles. The van der Waals surface area contributed by atoms with Gasteiger partial charge in [0.15, 0.2) is 6.29 Å². The van der Waals surface area contributed by atoms with Gasteiger partial charge in [0.05, 0.1) is 54.9 Å². The SMILES string of the molecule is CC/C(=C\C(C)OC1C(N=C(N)C(C)CCN)CC(N)C(OC2OC(CNC(=N)CN)CCC2N)C1N)CN. The molecule has 0 aromatic heterocycles. The van der Waals surface area contributed by atoms with Crippen molar-refractivity contribution in [3.63, 3.8) is 0 Å². The van der Waals surface area contributed by atoms with Crippen molar-refractivity contribution in [3.05, 3.63) is 11.6 Å². The van der Waals surface area contributed by atoms with Crippen molar-refractivity contribution in [3.8, 4) is 0 Å². The lowest BCUT2D eigenvalue weighted by Crippen LogP contribution is -2.66. The van der Waals surface area contributed by atoms with Gasteiger partial charge in [-0.3, -0.25) is 10.4 Å². The first-order valence-corrected chi connectivity index (χ1v) is 14.2. The molecule has 16 N–H and O–H groups in total. The van der Waals surface area contributed by atoms with Crippen LogP contribution in [0.25, 0.3) is 0 Å². The summed E-state index contributed by atoms with van der Waals surface area (Å²) in [5.74, 6) is 0.782. The number of hydrogen-bond donors (Lipinski definition) is 9. The zero-order valence-corrected chi connectivity index (χ0v) is 23.9. The summed E-state index contributed by atoms with van der Waals surface area (Å²) in [5, 5.41) is 10.7. The topological polar surface area (TPSA) is 258 Å². The van der Waals surface area contributed by atoms with Gasteiger partial charge in [-0.25, -0.2) is 0 Å². The van der Waals surface area contributed by atoms with Crippen LogP contribution in [0, 0.1) is 11.3 Å². The molecule has 1 aliphatic heterocycles. The number of nitrogens with zero attached hydrogens (tertiary/aromatic N) is 1. The van der Waals surface area contributed by atoms with E-state index in [-0.39, 0.29) is 42.6 Å². The lowest BCUT2D eigenvalue weighted by Gasteiger charge is -2.46. The fraction of sp³-hybridized carbons (Fsp3) is 0.846. The van der Waals surface area contributed by atoms with E-state index in [1.54, 1.807) is 0 Å². The van der Waals surface area contributed by atoms with Gasteiger partial charge in [0.2, 0.25) is 0 Å². The summed E-state index contributed by atoms with van der Waals surface area (Å²) < 4.78 is 19.0. The Balaban J connectivity index is 2.24. The Bertz CT molecular complexity index is 807. The van der Waals surface area contributed by atoms with E-state index < -0.39 is 30.6 Å². The third-order valence-electron chi connectivity index (χ3n) is 7.59. The maximum Gasteiger partial charge on any atom is 0.173 e. The number of nitrogens with one attached hydrogen (secondary N) is 2. The van der Waals surface area contributed by atoms with Gasteiger partial charge in [-0.2, -0.15) is 0 Å². The van der Waals surface area contributed by atoms with Crippen LogP contribution in [-0.4, -0.2) is 92.7 Å². The summed E-state index contributed by atoms with van der Waals surface area (Å²) in [4.78, 5) is 4.82. The average molecular weight is 555 g/mol. The Labute approximate surface area is 233 Å². The second-order valence-corrected chi connectivity index (χ2v) is 10.8. The quantitative estimate of drug-likeness (QED) is 0.0682.